The zero-order chi connectivity index (χ0) is 22.5. The van der Waals surface area contributed by atoms with Crippen LogP contribution in [0.4, 0.5) is 11.5 Å². The molecule has 6 heteroatoms. The molecule has 0 saturated carbocycles. The molecule has 3 heterocycles. The number of para-hydroxylation sites is 1. The number of piperidine rings is 1. The van der Waals surface area contributed by atoms with Gasteiger partial charge in [-0.05, 0) is 48.9 Å². The van der Waals surface area contributed by atoms with Gasteiger partial charge in [0.1, 0.15) is 17.8 Å². The molecule has 1 aliphatic heterocycles. The molecular weight excluding hydrogens is 410 g/mol. The van der Waals surface area contributed by atoms with E-state index in [1.54, 1.807) is 6.33 Å². The van der Waals surface area contributed by atoms with Crippen LogP contribution in [-0.2, 0) is 11.2 Å². The van der Waals surface area contributed by atoms with Gasteiger partial charge in [-0.3, -0.25) is 4.79 Å². The van der Waals surface area contributed by atoms with E-state index >= 15 is 0 Å². The Bertz CT molecular complexity index is 1150. The van der Waals surface area contributed by atoms with E-state index in [1.165, 1.54) is 5.56 Å². The summed E-state index contributed by atoms with van der Waals surface area (Å²) in [5.41, 5.74) is 3.00. The highest BCUT2D eigenvalue weighted by molar-refractivity contribution is 5.88. The molecule has 0 amide bonds. The van der Waals surface area contributed by atoms with Crippen LogP contribution in [0.15, 0.2) is 79.3 Å². The van der Waals surface area contributed by atoms with E-state index in [0.717, 1.165) is 48.5 Å². The van der Waals surface area contributed by atoms with Crippen molar-refractivity contribution in [1.29, 1.82) is 0 Å². The van der Waals surface area contributed by atoms with Crippen molar-refractivity contribution < 1.29 is 4.79 Å². The Labute approximate surface area is 194 Å². The number of fused-ring (bicyclic) bond motifs is 1. The van der Waals surface area contributed by atoms with Crippen LogP contribution >= 0.6 is 0 Å². The monoisotopic (exact) mass is 439 g/mol. The van der Waals surface area contributed by atoms with Crippen LogP contribution in [0.2, 0.25) is 0 Å². The van der Waals surface area contributed by atoms with E-state index in [-0.39, 0.29) is 11.8 Å². The minimum absolute atomic E-state index is 0.249. The van der Waals surface area contributed by atoms with Crippen LogP contribution in [-0.4, -0.2) is 39.9 Å². The van der Waals surface area contributed by atoms with Gasteiger partial charge in [-0.15, -0.1) is 0 Å². The van der Waals surface area contributed by atoms with E-state index in [4.69, 9.17) is 0 Å². The molecule has 33 heavy (non-hydrogen) atoms. The highest BCUT2D eigenvalue weighted by Gasteiger charge is 2.27. The third-order valence-corrected chi connectivity index (χ3v) is 6.43. The van der Waals surface area contributed by atoms with E-state index in [1.807, 2.05) is 60.8 Å². The number of carbonyl (C=O) groups is 1. The third-order valence-electron chi connectivity index (χ3n) is 6.43. The molecule has 2 aromatic carbocycles. The number of carbonyl (C=O) groups excluding carboxylic acids is 1. The SMILES string of the molecule is O=C(C[C@@H]1CCCN(c2ncnc3[nH]ccc23)C1)[C@@H](Cc1ccccc1)Nc1ccccc1. The normalized spacial score (nSPS) is 17.1. The average Bonchev–Trinajstić information content (AvgIpc) is 3.34. The lowest BCUT2D eigenvalue weighted by Crippen LogP contribution is -2.39. The van der Waals surface area contributed by atoms with Gasteiger partial charge in [-0.25, -0.2) is 9.97 Å². The second kappa shape index (κ2) is 9.86. The van der Waals surface area contributed by atoms with Gasteiger partial charge < -0.3 is 15.2 Å². The molecule has 1 fully saturated rings. The predicted molar refractivity (Wildman–Crippen MR) is 132 cm³/mol. The summed E-state index contributed by atoms with van der Waals surface area (Å²) in [7, 11) is 0. The van der Waals surface area contributed by atoms with E-state index in [0.29, 0.717) is 18.8 Å². The fraction of sp³-hybridized carbons (Fsp3) is 0.296. The summed E-state index contributed by atoms with van der Waals surface area (Å²) in [5, 5.41) is 4.53. The van der Waals surface area contributed by atoms with Crippen LogP contribution < -0.4 is 10.2 Å². The Morgan fingerprint density at radius 2 is 1.85 bits per heavy atom. The highest BCUT2D eigenvalue weighted by Crippen LogP contribution is 2.29. The fourth-order valence-corrected chi connectivity index (χ4v) is 4.79. The molecule has 0 aliphatic carbocycles. The van der Waals surface area contributed by atoms with Gasteiger partial charge in [-0.1, -0.05) is 48.5 Å². The fourth-order valence-electron chi connectivity index (χ4n) is 4.79. The number of nitrogens with one attached hydrogen (secondary N) is 2. The number of hydrogen-bond donors (Lipinski definition) is 2. The van der Waals surface area contributed by atoms with Gasteiger partial charge in [0, 0.05) is 31.4 Å². The van der Waals surface area contributed by atoms with Crippen molar-refractivity contribution >= 4 is 28.3 Å². The summed E-state index contributed by atoms with van der Waals surface area (Å²) in [6.45, 7) is 1.80. The van der Waals surface area contributed by atoms with Gasteiger partial charge in [0.25, 0.3) is 0 Å². The Balaban J connectivity index is 1.30. The van der Waals surface area contributed by atoms with Crippen LogP contribution in [0.25, 0.3) is 11.0 Å². The molecule has 4 aromatic rings. The van der Waals surface area contributed by atoms with Crippen molar-refractivity contribution in [3.8, 4) is 0 Å². The molecule has 6 nitrogen and oxygen atoms in total. The lowest BCUT2D eigenvalue weighted by molar-refractivity contribution is -0.120. The standard InChI is InChI=1S/C27H29N5O/c33-25(24(16-20-8-3-1-4-9-20)31-22-11-5-2-6-12-22)17-21-10-7-15-32(18-21)27-23-13-14-28-26(23)29-19-30-27/h1-6,8-9,11-14,19,21,24,31H,7,10,15-18H2,(H,28,29,30)/t21-,24+/m0/s1. The molecule has 2 N–H and O–H groups in total. The van der Waals surface area contributed by atoms with E-state index < -0.39 is 0 Å². The van der Waals surface area contributed by atoms with Crippen LogP contribution in [0.3, 0.4) is 0 Å². The first kappa shape index (κ1) is 21.2. The topological polar surface area (TPSA) is 73.9 Å². The first-order valence-corrected chi connectivity index (χ1v) is 11.7. The number of benzene rings is 2. The number of Topliss-reactive ketones (excluding diaryl/α,β-unsaturated/α-hetero) is 1. The van der Waals surface area contributed by atoms with Crippen molar-refractivity contribution in [2.45, 2.75) is 31.7 Å². The average molecular weight is 440 g/mol. The maximum absolute atomic E-state index is 13.5. The van der Waals surface area contributed by atoms with Gasteiger partial charge in [-0.2, -0.15) is 0 Å². The summed E-state index contributed by atoms with van der Waals surface area (Å²) in [6, 6.07) is 22.0. The lowest BCUT2D eigenvalue weighted by atomic mass is 9.89. The van der Waals surface area contributed by atoms with Crippen molar-refractivity contribution in [1.82, 2.24) is 15.0 Å². The molecular formula is C27H29N5O. The Morgan fingerprint density at radius 1 is 1.06 bits per heavy atom. The number of aromatic nitrogens is 3. The van der Waals surface area contributed by atoms with Crippen LogP contribution in [0.5, 0.6) is 0 Å². The molecule has 2 atom stereocenters. The second-order valence-electron chi connectivity index (χ2n) is 8.81. The Morgan fingerprint density at radius 3 is 2.67 bits per heavy atom. The Kier molecular flexibility index (Phi) is 6.33. The summed E-state index contributed by atoms with van der Waals surface area (Å²) in [6.07, 6.45) is 6.88. The molecule has 1 aliphatic rings. The molecule has 0 bridgehead atoms. The second-order valence-corrected chi connectivity index (χ2v) is 8.81. The summed E-state index contributed by atoms with van der Waals surface area (Å²) in [5.74, 6) is 1.54. The highest BCUT2D eigenvalue weighted by atomic mass is 16.1. The van der Waals surface area contributed by atoms with Crippen molar-refractivity contribution in [2.24, 2.45) is 5.92 Å². The molecule has 1 saturated heterocycles. The number of rotatable bonds is 8. The molecule has 0 radical (unpaired) electrons. The third kappa shape index (κ3) is 5.06. The van der Waals surface area contributed by atoms with Crippen LogP contribution in [0, 0.1) is 5.92 Å². The largest absolute Gasteiger partial charge is 0.375 e. The minimum Gasteiger partial charge on any atom is -0.375 e. The predicted octanol–water partition coefficient (Wildman–Crippen LogP) is 4.86. The first-order chi connectivity index (χ1) is 16.3. The number of aromatic amines is 1. The summed E-state index contributed by atoms with van der Waals surface area (Å²) in [4.78, 5) is 27.9. The number of hydrogen-bond acceptors (Lipinski definition) is 5. The number of ketones is 1. The minimum atomic E-state index is -0.249. The van der Waals surface area contributed by atoms with Gasteiger partial charge in [0.15, 0.2) is 5.78 Å². The molecule has 168 valence electrons. The molecule has 0 spiro atoms. The van der Waals surface area contributed by atoms with Crippen molar-refractivity contribution in [3.05, 3.63) is 84.8 Å². The zero-order valence-electron chi connectivity index (χ0n) is 18.7. The summed E-state index contributed by atoms with van der Waals surface area (Å²) < 4.78 is 0. The number of H-pyrrole nitrogens is 1. The van der Waals surface area contributed by atoms with Crippen LogP contribution in [0.1, 0.15) is 24.8 Å². The quantitative estimate of drug-likeness (QED) is 0.410. The molecule has 5 rings (SSSR count). The number of anilines is 2. The van der Waals surface area contributed by atoms with Gasteiger partial charge in [0.2, 0.25) is 0 Å². The smallest absolute Gasteiger partial charge is 0.155 e. The number of nitrogens with zero attached hydrogens (tertiary/aromatic N) is 3. The molecule has 0 unspecified atom stereocenters. The van der Waals surface area contributed by atoms with Crippen molar-refractivity contribution in [2.75, 3.05) is 23.3 Å². The van der Waals surface area contributed by atoms with Gasteiger partial charge >= 0.3 is 0 Å². The van der Waals surface area contributed by atoms with Crippen molar-refractivity contribution in [3.63, 3.8) is 0 Å². The maximum atomic E-state index is 13.5. The molecule has 2 aromatic heterocycles. The van der Waals surface area contributed by atoms with Gasteiger partial charge in [0.05, 0.1) is 11.4 Å². The lowest BCUT2D eigenvalue weighted by Gasteiger charge is -2.34. The zero-order valence-corrected chi connectivity index (χ0v) is 18.7. The Hall–Kier alpha value is -3.67. The van der Waals surface area contributed by atoms with E-state index in [2.05, 4.69) is 37.3 Å². The first-order valence-electron chi connectivity index (χ1n) is 11.7. The summed E-state index contributed by atoms with van der Waals surface area (Å²) >= 11 is 0. The maximum Gasteiger partial charge on any atom is 0.155 e. The van der Waals surface area contributed by atoms with E-state index in [9.17, 15) is 4.79 Å².